The number of hydrogen-bond acceptors (Lipinski definition) is 7. The van der Waals surface area contributed by atoms with E-state index in [1.54, 1.807) is 12.3 Å². The van der Waals surface area contributed by atoms with Crippen molar-refractivity contribution in [1.29, 1.82) is 5.26 Å². The molecule has 2 amide bonds. The van der Waals surface area contributed by atoms with Gasteiger partial charge in [-0.05, 0) is 44.0 Å². The first kappa shape index (κ1) is 22.0. The van der Waals surface area contributed by atoms with Crippen molar-refractivity contribution in [3.63, 3.8) is 0 Å². The summed E-state index contributed by atoms with van der Waals surface area (Å²) in [6, 6.07) is 9.76. The zero-order valence-corrected chi connectivity index (χ0v) is 18.2. The van der Waals surface area contributed by atoms with Gasteiger partial charge in [-0.2, -0.15) is 5.26 Å². The summed E-state index contributed by atoms with van der Waals surface area (Å²) in [6.45, 7) is 4.74. The quantitative estimate of drug-likeness (QED) is 0.709. The summed E-state index contributed by atoms with van der Waals surface area (Å²) in [4.78, 5) is 32.6. The molecule has 168 valence electrons. The van der Waals surface area contributed by atoms with Crippen molar-refractivity contribution in [3.05, 3.63) is 36.0 Å². The van der Waals surface area contributed by atoms with Crippen LogP contribution in [0.25, 0.3) is 10.9 Å². The number of carbonyl (C=O) groups is 2. The van der Waals surface area contributed by atoms with E-state index >= 15 is 0 Å². The van der Waals surface area contributed by atoms with Gasteiger partial charge in [-0.1, -0.05) is 0 Å². The molecule has 0 saturated carbocycles. The van der Waals surface area contributed by atoms with Crippen molar-refractivity contribution in [2.24, 2.45) is 5.73 Å². The van der Waals surface area contributed by atoms with E-state index in [1.165, 1.54) is 0 Å². The molecule has 0 spiro atoms. The standard InChI is InChI=1S/C23H28N6O3/c1-15-12-29(19-5-4-16(11-24)22-18(19)3-2-8-26-22)13-20(32-15)23(31)27-17-6-9-28(10-7-17)14-21(25)30/h2-5,8,15,17,20H,6-7,9-10,12-14H2,1H3,(H2,25,30)(H,27,31)/t15?,20-/m1/s1. The average molecular weight is 437 g/mol. The van der Waals surface area contributed by atoms with Gasteiger partial charge < -0.3 is 20.7 Å². The lowest BCUT2D eigenvalue weighted by atomic mass is 10.0. The topological polar surface area (TPSA) is 125 Å². The number of ether oxygens (including phenoxy) is 1. The number of amides is 2. The maximum absolute atomic E-state index is 13.0. The van der Waals surface area contributed by atoms with Gasteiger partial charge in [0.05, 0.1) is 30.3 Å². The second-order valence-corrected chi connectivity index (χ2v) is 8.51. The summed E-state index contributed by atoms with van der Waals surface area (Å²) in [6.07, 6.45) is 2.51. The van der Waals surface area contributed by atoms with Gasteiger partial charge in [-0.15, -0.1) is 0 Å². The monoisotopic (exact) mass is 436 g/mol. The molecular weight excluding hydrogens is 408 g/mol. The van der Waals surface area contributed by atoms with Crippen molar-refractivity contribution in [1.82, 2.24) is 15.2 Å². The third kappa shape index (κ3) is 4.82. The van der Waals surface area contributed by atoms with Crippen molar-refractivity contribution < 1.29 is 14.3 Å². The fourth-order valence-electron chi connectivity index (χ4n) is 4.57. The number of morpholine rings is 1. The minimum Gasteiger partial charge on any atom is -0.369 e. The van der Waals surface area contributed by atoms with Crippen LogP contribution < -0.4 is 16.0 Å². The van der Waals surface area contributed by atoms with Crippen LogP contribution in [0.5, 0.6) is 0 Å². The second kappa shape index (κ2) is 9.51. The van der Waals surface area contributed by atoms with Gasteiger partial charge in [0.1, 0.15) is 6.07 Å². The van der Waals surface area contributed by atoms with E-state index in [9.17, 15) is 14.9 Å². The van der Waals surface area contributed by atoms with Gasteiger partial charge in [-0.25, -0.2) is 0 Å². The van der Waals surface area contributed by atoms with Crippen LogP contribution >= 0.6 is 0 Å². The van der Waals surface area contributed by atoms with Gasteiger partial charge in [0.2, 0.25) is 5.91 Å². The summed E-state index contributed by atoms with van der Waals surface area (Å²) in [5, 5.41) is 13.4. The number of carbonyl (C=O) groups excluding carboxylic acids is 2. The lowest BCUT2D eigenvalue weighted by molar-refractivity contribution is -0.138. The molecule has 0 bridgehead atoms. The Bertz CT molecular complexity index is 1040. The second-order valence-electron chi connectivity index (χ2n) is 8.51. The van der Waals surface area contributed by atoms with E-state index in [4.69, 9.17) is 10.5 Å². The molecule has 0 aliphatic carbocycles. The van der Waals surface area contributed by atoms with Crippen molar-refractivity contribution in [2.75, 3.05) is 37.6 Å². The van der Waals surface area contributed by atoms with Crippen LogP contribution in [0.4, 0.5) is 5.69 Å². The zero-order chi connectivity index (χ0) is 22.7. The molecule has 1 aromatic heterocycles. The maximum Gasteiger partial charge on any atom is 0.251 e. The molecule has 3 heterocycles. The van der Waals surface area contributed by atoms with Crippen LogP contribution in [0, 0.1) is 11.3 Å². The summed E-state index contributed by atoms with van der Waals surface area (Å²) >= 11 is 0. The Kier molecular flexibility index (Phi) is 6.53. The highest BCUT2D eigenvalue weighted by Crippen LogP contribution is 2.30. The normalized spacial score (nSPS) is 22.4. The summed E-state index contributed by atoms with van der Waals surface area (Å²) < 4.78 is 5.98. The Balaban J connectivity index is 1.44. The Morgan fingerprint density at radius 2 is 2.06 bits per heavy atom. The number of hydrogen-bond donors (Lipinski definition) is 2. The first-order valence-corrected chi connectivity index (χ1v) is 10.9. The third-order valence-electron chi connectivity index (χ3n) is 6.07. The Hall–Kier alpha value is -3.22. The number of pyridine rings is 1. The number of anilines is 1. The van der Waals surface area contributed by atoms with Gasteiger partial charge in [0, 0.05) is 42.9 Å². The molecule has 9 heteroatoms. The highest BCUT2D eigenvalue weighted by molar-refractivity contribution is 5.95. The van der Waals surface area contributed by atoms with Crippen LogP contribution in [0.15, 0.2) is 30.5 Å². The van der Waals surface area contributed by atoms with Crippen LogP contribution in [-0.2, 0) is 14.3 Å². The number of benzene rings is 1. The van der Waals surface area contributed by atoms with Crippen molar-refractivity contribution in [2.45, 2.75) is 38.0 Å². The Morgan fingerprint density at radius 1 is 1.28 bits per heavy atom. The Morgan fingerprint density at radius 3 is 2.78 bits per heavy atom. The van der Waals surface area contributed by atoms with Gasteiger partial charge in [0.25, 0.3) is 5.91 Å². The molecule has 0 radical (unpaired) electrons. The molecule has 3 N–H and O–H groups in total. The van der Waals surface area contributed by atoms with E-state index in [-0.39, 0.29) is 30.5 Å². The van der Waals surface area contributed by atoms with Crippen LogP contribution in [0.3, 0.4) is 0 Å². The highest BCUT2D eigenvalue weighted by Gasteiger charge is 2.33. The van der Waals surface area contributed by atoms with Crippen molar-refractivity contribution >= 4 is 28.4 Å². The first-order valence-electron chi connectivity index (χ1n) is 10.9. The van der Waals surface area contributed by atoms with E-state index in [2.05, 4.69) is 21.3 Å². The molecular formula is C23H28N6O3. The maximum atomic E-state index is 13.0. The molecule has 2 atom stereocenters. The minimum absolute atomic E-state index is 0.0563. The molecule has 2 fully saturated rings. The SMILES string of the molecule is CC1CN(c2ccc(C#N)c3ncccc23)C[C@H](C(=O)NC2CCN(CC(N)=O)CC2)O1. The number of primary amides is 1. The molecule has 2 aliphatic heterocycles. The molecule has 32 heavy (non-hydrogen) atoms. The fourth-order valence-corrected chi connectivity index (χ4v) is 4.57. The minimum atomic E-state index is -0.593. The molecule has 1 unspecified atom stereocenters. The number of piperidine rings is 1. The number of rotatable bonds is 5. The van der Waals surface area contributed by atoms with Gasteiger partial charge in [-0.3, -0.25) is 19.5 Å². The van der Waals surface area contributed by atoms with E-state index in [1.807, 2.05) is 30.0 Å². The van der Waals surface area contributed by atoms with Crippen molar-refractivity contribution in [3.8, 4) is 6.07 Å². The van der Waals surface area contributed by atoms with Gasteiger partial charge in [0.15, 0.2) is 6.10 Å². The lowest BCUT2D eigenvalue weighted by Crippen LogP contribution is -2.55. The summed E-state index contributed by atoms with van der Waals surface area (Å²) in [5.74, 6) is -0.450. The van der Waals surface area contributed by atoms with Gasteiger partial charge >= 0.3 is 0 Å². The smallest absolute Gasteiger partial charge is 0.251 e. The third-order valence-corrected chi connectivity index (χ3v) is 6.07. The predicted octanol–water partition coefficient (Wildman–Crippen LogP) is 0.766. The molecule has 1 aromatic carbocycles. The van der Waals surface area contributed by atoms with E-state index in [0.29, 0.717) is 24.2 Å². The van der Waals surface area contributed by atoms with E-state index < -0.39 is 6.10 Å². The molecule has 2 aliphatic rings. The largest absolute Gasteiger partial charge is 0.369 e. The molecule has 2 aromatic rings. The molecule has 4 rings (SSSR count). The first-order chi connectivity index (χ1) is 15.4. The summed E-state index contributed by atoms with van der Waals surface area (Å²) in [5.41, 5.74) is 7.41. The number of nitrogens with two attached hydrogens (primary N) is 1. The van der Waals surface area contributed by atoms with Crippen LogP contribution in [-0.4, -0.2) is 72.7 Å². The fraction of sp³-hybridized carbons (Fsp3) is 0.478. The van der Waals surface area contributed by atoms with Crippen LogP contribution in [0.2, 0.25) is 0 Å². The molecule has 2 saturated heterocycles. The van der Waals surface area contributed by atoms with Crippen LogP contribution in [0.1, 0.15) is 25.3 Å². The number of aromatic nitrogens is 1. The Labute approximate surface area is 187 Å². The van der Waals surface area contributed by atoms with E-state index in [0.717, 1.165) is 37.0 Å². The predicted molar refractivity (Wildman–Crippen MR) is 120 cm³/mol. The highest BCUT2D eigenvalue weighted by atomic mass is 16.5. The number of nitriles is 1. The lowest BCUT2D eigenvalue weighted by Gasteiger charge is -2.39. The molecule has 9 nitrogen and oxygen atoms in total. The number of fused-ring (bicyclic) bond motifs is 1. The number of likely N-dealkylation sites (tertiary alicyclic amines) is 1. The summed E-state index contributed by atoms with van der Waals surface area (Å²) in [7, 11) is 0. The number of nitrogens with zero attached hydrogens (tertiary/aromatic N) is 4. The number of nitrogens with one attached hydrogen (secondary N) is 1. The zero-order valence-electron chi connectivity index (χ0n) is 18.2. The average Bonchev–Trinajstić information content (AvgIpc) is 2.78.